The van der Waals surface area contributed by atoms with Crippen molar-refractivity contribution in [2.45, 2.75) is 44.8 Å². The van der Waals surface area contributed by atoms with Gasteiger partial charge in [-0.3, -0.25) is 19.3 Å². The number of methoxy groups -OCH3 is 1. The van der Waals surface area contributed by atoms with Gasteiger partial charge in [-0.2, -0.15) is 0 Å². The number of aliphatic hydroxyl groups excluding tert-OH is 2. The number of phenols is 1. The minimum atomic E-state index is -2.60. The third-order valence-corrected chi connectivity index (χ3v) is 8.73. The summed E-state index contributed by atoms with van der Waals surface area (Å²) in [4.78, 5) is 41.3. The molecule has 0 radical (unpaired) electrons. The van der Waals surface area contributed by atoms with E-state index in [1.54, 1.807) is 51.5 Å². The smallest absolute Gasteiger partial charge is 0.202 e. The van der Waals surface area contributed by atoms with Gasteiger partial charge in [0.15, 0.2) is 17.2 Å². The van der Waals surface area contributed by atoms with E-state index in [1.807, 2.05) is 6.92 Å². The molecule has 9 nitrogen and oxygen atoms in total. The molecular formula is C33H33NO8. The van der Waals surface area contributed by atoms with Gasteiger partial charge in [0.2, 0.25) is 5.78 Å². The summed E-state index contributed by atoms with van der Waals surface area (Å²) >= 11 is 0. The lowest BCUT2D eigenvalue weighted by Gasteiger charge is -2.50. The van der Waals surface area contributed by atoms with Gasteiger partial charge in [-0.05, 0) is 87.7 Å². The average Bonchev–Trinajstić information content (AvgIpc) is 2.94. The Balaban J connectivity index is 1.68. The van der Waals surface area contributed by atoms with Crippen molar-refractivity contribution < 1.29 is 39.5 Å². The molecule has 218 valence electrons. The van der Waals surface area contributed by atoms with Crippen LogP contribution in [0.5, 0.6) is 11.5 Å². The molecule has 4 atom stereocenters. The average molecular weight is 572 g/mol. The second kappa shape index (κ2) is 10.5. The summed E-state index contributed by atoms with van der Waals surface area (Å²) in [5, 5.41) is 45.8. The summed E-state index contributed by atoms with van der Waals surface area (Å²) < 4.78 is 5.17. The van der Waals surface area contributed by atoms with Crippen LogP contribution in [0, 0.1) is 23.7 Å². The van der Waals surface area contributed by atoms with E-state index in [1.165, 1.54) is 4.90 Å². The Kier molecular flexibility index (Phi) is 7.25. The lowest BCUT2D eigenvalue weighted by atomic mass is 9.57. The minimum absolute atomic E-state index is 0.0568. The van der Waals surface area contributed by atoms with Gasteiger partial charge in [-0.15, -0.1) is 0 Å². The highest BCUT2D eigenvalue weighted by atomic mass is 16.5. The molecule has 0 bridgehead atoms. The molecule has 1 fully saturated rings. The minimum Gasteiger partial charge on any atom is -0.508 e. The summed E-state index contributed by atoms with van der Waals surface area (Å²) in [5.74, 6) is 0.745. The number of Topliss-reactive ketones (excluding diaryl/α,β-unsaturated/α-hetero) is 3. The van der Waals surface area contributed by atoms with Crippen LogP contribution in [0.25, 0.3) is 5.76 Å². The Morgan fingerprint density at radius 1 is 1.12 bits per heavy atom. The number of phenolic OH excluding ortho intramolecular Hbond substituents is 1. The van der Waals surface area contributed by atoms with Crippen LogP contribution in [0.3, 0.4) is 0 Å². The molecule has 0 saturated heterocycles. The maximum absolute atomic E-state index is 14.1. The molecule has 1 saturated carbocycles. The number of ether oxygens (including phenoxy) is 1. The van der Waals surface area contributed by atoms with Crippen molar-refractivity contribution in [3.05, 3.63) is 75.1 Å². The van der Waals surface area contributed by atoms with Gasteiger partial charge in [-0.25, -0.2) is 0 Å². The number of hydrogen-bond acceptors (Lipinski definition) is 9. The second-order valence-corrected chi connectivity index (χ2v) is 11.3. The zero-order valence-electron chi connectivity index (χ0n) is 24.1. The highest BCUT2D eigenvalue weighted by Gasteiger charge is 2.64. The van der Waals surface area contributed by atoms with Crippen molar-refractivity contribution in [1.82, 2.24) is 4.90 Å². The molecule has 4 N–H and O–H groups in total. The maximum atomic E-state index is 14.1. The number of likely N-dealkylation sites (N-methyl/N-ethyl adjacent to an activating group) is 1. The zero-order valence-corrected chi connectivity index (χ0v) is 24.1. The molecule has 4 unspecified atom stereocenters. The first-order valence-electron chi connectivity index (χ1n) is 13.8. The lowest BCUT2D eigenvalue weighted by molar-refractivity contribution is -0.153. The van der Waals surface area contributed by atoms with Crippen molar-refractivity contribution in [3.8, 4) is 23.3 Å². The Hall–Kier alpha value is -4.39. The van der Waals surface area contributed by atoms with Crippen LogP contribution in [0.15, 0.2) is 47.2 Å². The van der Waals surface area contributed by atoms with Crippen LogP contribution in [-0.2, 0) is 27.2 Å². The molecule has 0 aliphatic heterocycles. The summed E-state index contributed by atoms with van der Waals surface area (Å²) in [6, 6.07) is 7.79. The van der Waals surface area contributed by atoms with Gasteiger partial charge in [0, 0.05) is 17.1 Å². The molecule has 0 spiro atoms. The van der Waals surface area contributed by atoms with Crippen LogP contribution in [0.2, 0.25) is 0 Å². The van der Waals surface area contributed by atoms with Crippen LogP contribution < -0.4 is 4.74 Å². The third-order valence-electron chi connectivity index (χ3n) is 8.73. The topological polar surface area (TPSA) is 145 Å². The van der Waals surface area contributed by atoms with Crippen LogP contribution in [-0.4, -0.2) is 75.5 Å². The standard InChI is InChI=1S/C33H33NO8/c1-6-18-13-19(10-7-17-8-11-21(42-5)12-9-17)28(36)26-22(18)14-20-15-23-27(34(3)4)30(38)24(16(2)35)31(39)33(23,41)32(40)25(20)29(26)37/h8-9,11-13,20,23,27,36-37,39,41H,6,14-15H2,1-5H3. The van der Waals surface area contributed by atoms with E-state index in [4.69, 9.17) is 4.74 Å². The number of benzene rings is 2. The molecule has 0 amide bonds. The first-order chi connectivity index (χ1) is 19.9. The molecule has 5 rings (SSSR count). The lowest BCUT2D eigenvalue weighted by Crippen LogP contribution is -2.65. The summed E-state index contributed by atoms with van der Waals surface area (Å²) in [6.07, 6.45) is 0.892. The highest BCUT2D eigenvalue weighted by Crippen LogP contribution is 2.53. The quantitative estimate of drug-likeness (QED) is 0.321. The third kappa shape index (κ3) is 4.21. The number of carbonyl (C=O) groups excluding carboxylic acids is 3. The highest BCUT2D eigenvalue weighted by molar-refractivity contribution is 6.25. The van der Waals surface area contributed by atoms with E-state index in [0.717, 1.165) is 12.5 Å². The SMILES string of the molecule is CCc1cc(C#Cc2ccc(OC)cc2)c(O)c2c1CC1CC3C(N(C)C)C(=O)C(C(C)=O)=C(O)C3(O)C(=O)C1=C2O. The van der Waals surface area contributed by atoms with Gasteiger partial charge in [0.25, 0.3) is 0 Å². The fourth-order valence-corrected chi connectivity index (χ4v) is 6.72. The largest absolute Gasteiger partial charge is 0.508 e. The molecule has 42 heavy (non-hydrogen) atoms. The number of aryl methyl sites for hydroxylation is 1. The molecule has 0 aromatic heterocycles. The van der Waals surface area contributed by atoms with E-state index in [0.29, 0.717) is 23.3 Å². The zero-order chi connectivity index (χ0) is 30.7. The van der Waals surface area contributed by atoms with Gasteiger partial charge in [0.05, 0.1) is 24.3 Å². The Morgan fingerprint density at radius 3 is 2.36 bits per heavy atom. The van der Waals surface area contributed by atoms with E-state index in [2.05, 4.69) is 11.8 Å². The van der Waals surface area contributed by atoms with Gasteiger partial charge >= 0.3 is 0 Å². The predicted molar refractivity (Wildman–Crippen MR) is 154 cm³/mol. The first kappa shape index (κ1) is 29.1. The van der Waals surface area contributed by atoms with E-state index >= 15 is 0 Å². The molecule has 2 aromatic carbocycles. The van der Waals surface area contributed by atoms with E-state index in [9.17, 15) is 34.8 Å². The summed E-state index contributed by atoms with van der Waals surface area (Å²) in [6.45, 7) is 3.02. The number of ketones is 3. The second-order valence-electron chi connectivity index (χ2n) is 11.3. The van der Waals surface area contributed by atoms with Crippen LogP contribution in [0.4, 0.5) is 0 Å². The number of aliphatic hydroxyl groups is 3. The summed E-state index contributed by atoms with van der Waals surface area (Å²) in [7, 11) is 4.77. The van der Waals surface area contributed by atoms with E-state index in [-0.39, 0.29) is 35.3 Å². The molecule has 3 aliphatic rings. The first-order valence-corrected chi connectivity index (χ1v) is 13.8. The molecule has 9 heteroatoms. The van der Waals surface area contributed by atoms with Gasteiger partial charge < -0.3 is 25.2 Å². The fourth-order valence-electron chi connectivity index (χ4n) is 6.72. The fraction of sp³-hybridized carbons (Fsp3) is 0.364. The number of nitrogens with zero attached hydrogens (tertiary/aromatic N) is 1. The number of hydrogen-bond donors (Lipinski definition) is 4. The van der Waals surface area contributed by atoms with Crippen molar-refractivity contribution in [2.75, 3.05) is 21.2 Å². The summed E-state index contributed by atoms with van der Waals surface area (Å²) in [5.41, 5.74) is -0.909. The molecular weight excluding hydrogens is 538 g/mol. The number of aromatic hydroxyl groups is 1. The van der Waals surface area contributed by atoms with Gasteiger partial charge in [0.1, 0.15) is 28.6 Å². The maximum Gasteiger partial charge on any atom is 0.202 e. The number of carbonyl (C=O) groups is 3. The van der Waals surface area contributed by atoms with Crippen molar-refractivity contribution in [3.63, 3.8) is 0 Å². The molecule has 2 aromatic rings. The van der Waals surface area contributed by atoms with E-state index < -0.39 is 57.9 Å². The van der Waals surface area contributed by atoms with Crippen LogP contribution >= 0.6 is 0 Å². The Labute approximate surface area is 243 Å². The van der Waals surface area contributed by atoms with Crippen molar-refractivity contribution in [2.24, 2.45) is 11.8 Å². The number of rotatable bonds is 4. The molecule has 3 aliphatic carbocycles. The predicted octanol–water partition coefficient (Wildman–Crippen LogP) is 3.04. The van der Waals surface area contributed by atoms with Crippen molar-refractivity contribution >= 4 is 23.1 Å². The Bertz CT molecular complexity index is 1650. The Morgan fingerprint density at radius 2 is 1.79 bits per heavy atom. The monoisotopic (exact) mass is 571 g/mol. The normalized spacial score (nSPS) is 25.0. The molecule has 0 heterocycles. The van der Waals surface area contributed by atoms with Gasteiger partial charge in [-0.1, -0.05) is 18.8 Å². The van der Waals surface area contributed by atoms with Crippen LogP contribution in [0.1, 0.15) is 48.1 Å². The number of fused-ring (bicyclic) bond motifs is 3. The van der Waals surface area contributed by atoms with Crippen molar-refractivity contribution in [1.29, 1.82) is 0 Å².